The zero-order valence-corrected chi connectivity index (χ0v) is 8.14. The number of halogens is 1. The van der Waals surface area contributed by atoms with Crippen LogP contribution in [-0.4, -0.2) is 30.8 Å². The largest absolute Gasteiger partial charge is 0.316 e. The van der Waals surface area contributed by atoms with Crippen LogP contribution in [0, 0.1) is 5.92 Å². The van der Waals surface area contributed by atoms with Gasteiger partial charge in [-0.15, -0.1) is 9.60 Å². The minimum Gasteiger partial charge on any atom is -0.316 e. The molecule has 0 amide bonds. The minimum atomic E-state index is 0.227. The first-order chi connectivity index (χ1) is 6.36. The Morgan fingerprint density at radius 3 is 2.85 bits per heavy atom. The van der Waals surface area contributed by atoms with Gasteiger partial charge in [0, 0.05) is 12.6 Å². The monoisotopic (exact) mass is 186 g/mol. The van der Waals surface area contributed by atoms with Crippen LogP contribution in [0.5, 0.6) is 0 Å². The molecule has 0 saturated carbocycles. The van der Waals surface area contributed by atoms with Crippen LogP contribution < -0.4 is 5.32 Å². The van der Waals surface area contributed by atoms with E-state index >= 15 is 0 Å². The first-order valence-electron chi connectivity index (χ1n) is 5.49. The second-order valence-corrected chi connectivity index (χ2v) is 4.37. The number of hydrogen-bond acceptors (Lipinski definition) is 2. The predicted molar refractivity (Wildman–Crippen MR) is 51.0 cm³/mol. The molecule has 0 aromatic heterocycles. The average Bonchev–Trinajstić information content (AvgIpc) is 2.54. The highest BCUT2D eigenvalue weighted by molar-refractivity contribution is 4.79. The average molecular weight is 186 g/mol. The van der Waals surface area contributed by atoms with Crippen molar-refractivity contribution in [3.8, 4) is 0 Å². The molecular formula is C10H19FN2. The molecule has 2 heterocycles. The van der Waals surface area contributed by atoms with Crippen molar-refractivity contribution in [1.82, 2.24) is 10.4 Å². The molecule has 1 unspecified atom stereocenters. The number of rotatable bonds is 2. The summed E-state index contributed by atoms with van der Waals surface area (Å²) in [5.41, 5.74) is 0. The van der Waals surface area contributed by atoms with E-state index in [-0.39, 0.29) is 6.04 Å². The lowest BCUT2D eigenvalue weighted by molar-refractivity contribution is 0.000476. The lowest BCUT2D eigenvalue weighted by Gasteiger charge is -2.26. The smallest absolute Gasteiger partial charge is 0.0406 e. The topological polar surface area (TPSA) is 15.3 Å². The van der Waals surface area contributed by atoms with Crippen molar-refractivity contribution < 1.29 is 4.48 Å². The Morgan fingerprint density at radius 2 is 2.23 bits per heavy atom. The van der Waals surface area contributed by atoms with Gasteiger partial charge in [-0.1, -0.05) is 0 Å². The Labute approximate surface area is 79.4 Å². The van der Waals surface area contributed by atoms with Gasteiger partial charge in [0.1, 0.15) is 0 Å². The van der Waals surface area contributed by atoms with Gasteiger partial charge in [-0.25, -0.2) is 0 Å². The molecule has 2 atom stereocenters. The van der Waals surface area contributed by atoms with Crippen molar-refractivity contribution in [3.63, 3.8) is 0 Å². The first kappa shape index (κ1) is 9.41. The van der Waals surface area contributed by atoms with Crippen LogP contribution in [0.1, 0.15) is 32.1 Å². The maximum atomic E-state index is 13.2. The number of hydrogen-bond donors (Lipinski definition) is 1. The van der Waals surface area contributed by atoms with Crippen LogP contribution in [0.25, 0.3) is 0 Å². The molecule has 76 valence electrons. The van der Waals surface area contributed by atoms with Gasteiger partial charge in [-0.3, -0.25) is 0 Å². The highest BCUT2D eigenvalue weighted by Gasteiger charge is 2.27. The molecule has 1 N–H and O–H groups in total. The van der Waals surface area contributed by atoms with Crippen molar-refractivity contribution >= 4 is 0 Å². The van der Waals surface area contributed by atoms with E-state index in [2.05, 4.69) is 5.32 Å². The summed E-state index contributed by atoms with van der Waals surface area (Å²) in [5.74, 6) is 0.718. The highest BCUT2D eigenvalue weighted by Crippen LogP contribution is 2.26. The Morgan fingerprint density at radius 1 is 1.31 bits per heavy atom. The van der Waals surface area contributed by atoms with Crippen molar-refractivity contribution in [2.45, 2.75) is 38.1 Å². The Bertz CT molecular complexity index is 157. The van der Waals surface area contributed by atoms with Gasteiger partial charge in [0.15, 0.2) is 0 Å². The van der Waals surface area contributed by atoms with Gasteiger partial charge < -0.3 is 5.32 Å². The molecular weight excluding hydrogens is 167 g/mol. The quantitative estimate of drug-likeness (QED) is 0.661. The molecule has 0 aliphatic carbocycles. The SMILES string of the molecule is FN1CCC[C@H]1CC1CCCNC1. The molecule has 2 aliphatic heterocycles. The zero-order chi connectivity index (χ0) is 9.10. The van der Waals surface area contributed by atoms with E-state index in [0.717, 1.165) is 43.4 Å². The Hall–Kier alpha value is -0.150. The van der Waals surface area contributed by atoms with Gasteiger partial charge in [-0.05, 0) is 51.1 Å². The standard InChI is InChI=1S/C10H19FN2/c11-13-6-2-4-10(13)7-9-3-1-5-12-8-9/h9-10,12H,1-8H2/t9?,10-/m0/s1. The fourth-order valence-electron chi connectivity index (χ4n) is 2.54. The summed E-state index contributed by atoms with van der Waals surface area (Å²) >= 11 is 0. The lowest BCUT2D eigenvalue weighted by atomic mass is 9.92. The van der Waals surface area contributed by atoms with E-state index in [0.29, 0.717) is 6.54 Å². The summed E-state index contributed by atoms with van der Waals surface area (Å²) in [6, 6.07) is 0.227. The molecule has 0 radical (unpaired) electrons. The number of nitrogens with one attached hydrogen (secondary N) is 1. The first-order valence-corrected chi connectivity index (χ1v) is 5.49. The fourth-order valence-corrected chi connectivity index (χ4v) is 2.54. The van der Waals surface area contributed by atoms with Gasteiger partial charge in [0.25, 0.3) is 0 Å². The molecule has 13 heavy (non-hydrogen) atoms. The van der Waals surface area contributed by atoms with Gasteiger partial charge in [0.05, 0.1) is 0 Å². The van der Waals surface area contributed by atoms with Crippen LogP contribution in [0.4, 0.5) is 4.48 Å². The number of nitrogens with zero attached hydrogens (tertiary/aromatic N) is 1. The summed E-state index contributed by atoms with van der Waals surface area (Å²) in [5, 5.41) is 4.43. The van der Waals surface area contributed by atoms with E-state index in [1.165, 1.54) is 12.8 Å². The van der Waals surface area contributed by atoms with Crippen molar-refractivity contribution in [2.24, 2.45) is 5.92 Å². The minimum absolute atomic E-state index is 0.227. The molecule has 0 aromatic rings. The van der Waals surface area contributed by atoms with Crippen molar-refractivity contribution in [3.05, 3.63) is 0 Å². The summed E-state index contributed by atoms with van der Waals surface area (Å²) in [4.78, 5) is 0. The highest BCUT2D eigenvalue weighted by atomic mass is 19.2. The molecule has 0 spiro atoms. The summed E-state index contributed by atoms with van der Waals surface area (Å²) in [6.07, 6.45) is 5.72. The fraction of sp³-hybridized carbons (Fsp3) is 1.00. The second-order valence-electron chi connectivity index (χ2n) is 4.37. The molecule has 0 aromatic carbocycles. The second kappa shape index (κ2) is 4.38. The third-order valence-corrected chi connectivity index (χ3v) is 3.31. The van der Waals surface area contributed by atoms with Gasteiger partial charge in [0.2, 0.25) is 0 Å². The molecule has 2 aliphatic rings. The lowest BCUT2D eigenvalue weighted by Crippen LogP contribution is -2.34. The van der Waals surface area contributed by atoms with Crippen LogP contribution >= 0.6 is 0 Å². The maximum Gasteiger partial charge on any atom is 0.0406 e. The number of piperidine rings is 1. The molecule has 2 rings (SSSR count). The summed E-state index contributed by atoms with van der Waals surface area (Å²) < 4.78 is 13.2. The van der Waals surface area contributed by atoms with E-state index in [1.54, 1.807) is 0 Å². The zero-order valence-electron chi connectivity index (χ0n) is 8.14. The predicted octanol–water partition coefficient (Wildman–Crippen LogP) is 1.73. The van der Waals surface area contributed by atoms with E-state index < -0.39 is 0 Å². The summed E-state index contributed by atoms with van der Waals surface area (Å²) in [7, 11) is 0. The van der Waals surface area contributed by atoms with Gasteiger partial charge in [-0.2, -0.15) is 0 Å². The van der Waals surface area contributed by atoms with Gasteiger partial charge >= 0.3 is 0 Å². The molecule has 2 nitrogen and oxygen atoms in total. The third-order valence-electron chi connectivity index (χ3n) is 3.31. The van der Waals surface area contributed by atoms with Crippen LogP contribution in [0.3, 0.4) is 0 Å². The van der Waals surface area contributed by atoms with E-state index in [1.807, 2.05) is 0 Å². The molecule has 2 fully saturated rings. The molecule has 0 bridgehead atoms. The van der Waals surface area contributed by atoms with E-state index in [4.69, 9.17) is 0 Å². The van der Waals surface area contributed by atoms with Crippen LogP contribution in [0.15, 0.2) is 0 Å². The molecule has 2 saturated heterocycles. The van der Waals surface area contributed by atoms with Crippen molar-refractivity contribution in [1.29, 1.82) is 0 Å². The normalized spacial score (nSPS) is 36.7. The van der Waals surface area contributed by atoms with Crippen LogP contribution in [0.2, 0.25) is 0 Å². The Balaban J connectivity index is 1.75. The van der Waals surface area contributed by atoms with Crippen molar-refractivity contribution in [2.75, 3.05) is 19.6 Å². The third kappa shape index (κ3) is 2.41. The Kier molecular flexibility index (Phi) is 3.17. The van der Waals surface area contributed by atoms with Crippen LogP contribution in [-0.2, 0) is 0 Å². The summed E-state index contributed by atoms with van der Waals surface area (Å²) in [6.45, 7) is 2.91. The molecule has 3 heteroatoms. The maximum absolute atomic E-state index is 13.2. The van der Waals surface area contributed by atoms with E-state index in [9.17, 15) is 4.48 Å².